The first-order valence-corrected chi connectivity index (χ1v) is 3.75. The molecule has 0 spiro atoms. The van der Waals surface area contributed by atoms with Crippen LogP contribution in [0, 0.1) is 12.3 Å². The van der Waals surface area contributed by atoms with Crippen LogP contribution in [0.5, 0.6) is 0 Å². The van der Waals surface area contributed by atoms with E-state index in [9.17, 15) is 4.79 Å². The van der Waals surface area contributed by atoms with Crippen LogP contribution < -0.4 is 5.73 Å². The van der Waals surface area contributed by atoms with Gasteiger partial charge in [-0.3, -0.25) is 4.79 Å². The summed E-state index contributed by atoms with van der Waals surface area (Å²) >= 11 is 0. The molecule has 0 saturated heterocycles. The van der Waals surface area contributed by atoms with E-state index in [1.807, 2.05) is 13.8 Å². The third-order valence-corrected chi connectivity index (χ3v) is 1.62. The highest BCUT2D eigenvalue weighted by atomic mass is 16.1. The van der Waals surface area contributed by atoms with Gasteiger partial charge in [0.05, 0.1) is 0 Å². The lowest BCUT2D eigenvalue weighted by Crippen LogP contribution is -2.20. The molecule has 0 aromatic carbocycles. The molecule has 0 rings (SSSR count). The van der Waals surface area contributed by atoms with Crippen molar-refractivity contribution in [3.63, 3.8) is 0 Å². The third kappa shape index (κ3) is 4.36. The second-order valence-corrected chi connectivity index (χ2v) is 2.64. The second kappa shape index (κ2) is 5.27. The SMILES string of the molecule is C[CH]CCCC(C)C(N)=O. The molecule has 0 heterocycles. The predicted octanol–water partition coefficient (Wildman–Crippen LogP) is 1.50. The monoisotopic (exact) mass is 142 g/mol. The maximum absolute atomic E-state index is 10.5. The van der Waals surface area contributed by atoms with Crippen LogP contribution >= 0.6 is 0 Å². The fourth-order valence-electron chi connectivity index (χ4n) is 0.770. The van der Waals surface area contributed by atoms with Crippen LogP contribution in [-0.4, -0.2) is 5.91 Å². The van der Waals surface area contributed by atoms with Gasteiger partial charge in [0.15, 0.2) is 0 Å². The van der Waals surface area contributed by atoms with E-state index in [0.717, 1.165) is 19.3 Å². The molecular weight excluding hydrogens is 126 g/mol. The maximum atomic E-state index is 10.5. The number of rotatable bonds is 5. The lowest BCUT2D eigenvalue weighted by Gasteiger charge is -2.04. The molecule has 0 aromatic rings. The van der Waals surface area contributed by atoms with Gasteiger partial charge >= 0.3 is 0 Å². The van der Waals surface area contributed by atoms with Crippen LogP contribution in [0.2, 0.25) is 0 Å². The van der Waals surface area contributed by atoms with Crippen molar-refractivity contribution < 1.29 is 4.79 Å². The number of hydrogen-bond donors (Lipinski definition) is 1. The second-order valence-electron chi connectivity index (χ2n) is 2.64. The third-order valence-electron chi connectivity index (χ3n) is 1.62. The molecule has 1 radical (unpaired) electrons. The van der Waals surface area contributed by atoms with Gasteiger partial charge in [-0.2, -0.15) is 0 Å². The van der Waals surface area contributed by atoms with Gasteiger partial charge in [-0.05, 0) is 12.8 Å². The molecule has 2 heteroatoms. The fraction of sp³-hybridized carbons (Fsp3) is 0.750. The van der Waals surface area contributed by atoms with E-state index in [0.29, 0.717) is 0 Å². The highest BCUT2D eigenvalue weighted by Gasteiger charge is 2.06. The zero-order valence-electron chi connectivity index (χ0n) is 6.76. The first kappa shape index (κ1) is 9.47. The Bertz CT molecular complexity index is 101. The number of primary amides is 1. The molecule has 0 saturated carbocycles. The number of hydrogen-bond acceptors (Lipinski definition) is 1. The van der Waals surface area contributed by atoms with E-state index in [-0.39, 0.29) is 11.8 Å². The molecule has 1 atom stereocenters. The number of nitrogens with two attached hydrogens (primary N) is 1. The van der Waals surface area contributed by atoms with E-state index in [4.69, 9.17) is 5.73 Å². The molecule has 1 unspecified atom stereocenters. The Balaban J connectivity index is 3.21. The topological polar surface area (TPSA) is 43.1 Å². The van der Waals surface area contributed by atoms with Crippen LogP contribution in [0.1, 0.15) is 33.1 Å². The van der Waals surface area contributed by atoms with Gasteiger partial charge < -0.3 is 5.73 Å². The van der Waals surface area contributed by atoms with Gasteiger partial charge in [-0.1, -0.05) is 26.7 Å². The summed E-state index contributed by atoms with van der Waals surface area (Å²) in [5, 5.41) is 0. The van der Waals surface area contributed by atoms with Crippen molar-refractivity contribution in [2.45, 2.75) is 33.1 Å². The Morgan fingerprint density at radius 2 is 2.30 bits per heavy atom. The Kier molecular flexibility index (Phi) is 4.99. The van der Waals surface area contributed by atoms with Crippen molar-refractivity contribution in [2.75, 3.05) is 0 Å². The first-order valence-electron chi connectivity index (χ1n) is 3.75. The lowest BCUT2D eigenvalue weighted by atomic mass is 10.0. The summed E-state index contributed by atoms with van der Waals surface area (Å²) in [5.74, 6) is -0.143. The van der Waals surface area contributed by atoms with Crippen molar-refractivity contribution in [2.24, 2.45) is 11.7 Å². The summed E-state index contributed by atoms with van der Waals surface area (Å²) in [5.41, 5.74) is 5.07. The van der Waals surface area contributed by atoms with Crippen LogP contribution in [0.4, 0.5) is 0 Å². The fourth-order valence-corrected chi connectivity index (χ4v) is 0.770. The highest BCUT2D eigenvalue weighted by Crippen LogP contribution is 2.07. The zero-order chi connectivity index (χ0) is 7.98. The van der Waals surface area contributed by atoms with Gasteiger partial charge in [-0.15, -0.1) is 0 Å². The maximum Gasteiger partial charge on any atom is 0.220 e. The van der Waals surface area contributed by atoms with Gasteiger partial charge in [-0.25, -0.2) is 0 Å². The van der Waals surface area contributed by atoms with Gasteiger partial charge in [0.25, 0.3) is 0 Å². The predicted molar refractivity (Wildman–Crippen MR) is 42.2 cm³/mol. The van der Waals surface area contributed by atoms with Crippen molar-refractivity contribution in [3.05, 3.63) is 6.42 Å². The van der Waals surface area contributed by atoms with Crippen molar-refractivity contribution in [1.29, 1.82) is 0 Å². The molecule has 0 bridgehead atoms. The normalized spacial score (nSPS) is 13.0. The molecule has 59 valence electrons. The van der Waals surface area contributed by atoms with E-state index in [1.165, 1.54) is 0 Å². The van der Waals surface area contributed by atoms with Crippen LogP contribution in [0.3, 0.4) is 0 Å². The number of amides is 1. The molecule has 0 aromatic heterocycles. The van der Waals surface area contributed by atoms with Crippen LogP contribution in [-0.2, 0) is 4.79 Å². The minimum Gasteiger partial charge on any atom is -0.369 e. The van der Waals surface area contributed by atoms with Crippen LogP contribution in [0.15, 0.2) is 0 Å². The van der Waals surface area contributed by atoms with Crippen molar-refractivity contribution in [1.82, 2.24) is 0 Å². The smallest absolute Gasteiger partial charge is 0.220 e. The summed E-state index contributed by atoms with van der Waals surface area (Å²) in [6.45, 7) is 3.90. The van der Waals surface area contributed by atoms with Gasteiger partial charge in [0.1, 0.15) is 0 Å². The summed E-state index contributed by atoms with van der Waals surface area (Å²) in [6.07, 6.45) is 5.17. The lowest BCUT2D eigenvalue weighted by molar-refractivity contribution is -0.121. The van der Waals surface area contributed by atoms with Gasteiger partial charge in [0.2, 0.25) is 5.91 Å². The molecule has 0 aliphatic rings. The summed E-state index contributed by atoms with van der Waals surface area (Å²) in [7, 11) is 0. The zero-order valence-corrected chi connectivity index (χ0v) is 6.76. The number of carbonyl (C=O) groups is 1. The molecule has 2 N–H and O–H groups in total. The summed E-state index contributed by atoms with van der Waals surface area (Å²) < 4.78 is 0. The molecule has 10 heavy (non-hydrogen) atoms. The number of carbonyl (C=O) groups excluding carboxylic acids is 1. The average molecular weight is 142 g/mol. The standard InChI is InChI=1S/C8H16NO/c1-3-4-5-6-7(2)8(9)10/h3,7H,4-6H2,1-2H3,(H2,9,10). The number of unbranched alkanes of at least 4 members (excludes halogenated alkanes) is 2. The molecule has 1 amide bonds. The van der Waals surface area contributed by atoms with E-state index < -0.39 is 0 Å². The molecule has 0 aliphatic carbocycles. The largest absolute Gasteiger partial charge is 0.369 e. The Morgan fingerprint density at radius 3 is 2.70 bits per heavy atom. The van der Waals surface area contributed by atoms with Crippen molar-refractivity contribution >= 4 is 5.91 Å². The first-order chi connectivity index (χ1) is 4.68. The highest BCUT2D eigenvalue weighted by molar-refractivity contribution is 5.76. The molecule has 2 nitrogen and oxygen atoms in total. The molecular formula is C8H16NO. The minimum atomic E-state index is -0.184. The Labute approximate surface area is 62.8 Å². The Hall–Kier alpha value is -0.530. The average Bonchev–Trinajstić information content (AvgIpc) is 1.88. The van der Waals surface area contributed by atoms with Crippen molar-refractivity contribution in [3.8, 4) is 0 Å². The summed E-state index contributed by atoms with van der Waals surface area (Å²) in [6, 6.07) is 0. The summed E-state index contributed by atoms with van der Waals surface area (Å²) in [4.78, 5) is 10.5. The quantitative estimate of drug-likeness (QED) is 0.581. The molecule has 0 fully saturated rings. The minimum absolute atomic E-state index is 0.0416. The van der Waals surface area contributed by atoms with E-state index in [1.54, 1.807) is 0 Å². The van der Waals surface area contributed by atoms with E-state index >= 15 is 0 Å². The van der Waals surface area contributed by atoms with Gasteiger partial charge in [0, 0.05) is 5.92 Å². The van der Waals surface area contributed by atoms with Crippen LogP contribution in [0.25, 0.3) is 0 Å². The Morgan fingerprint density at radius 1 is 1.70 bits per heavy atom. The molecule has 0 aliphatic heterocycles. The van der Waals surface area contributed by atoms with E-state index in [2.05, 4.69) is 6.42 Å².